The maximum Gasteiger partial charge on any atom is 0.0772 e. The minimum absolute atomic E-state index is 0.330. The van der Waals surface area contributed by atoms with Crippen molar-refractivity contribution in [2.24, 2.45) is 11.0 Å². The smallest absolute Gasteiger partial charge is 0.0772 e. The number of benzene rings is 2. The lowest BCUT2D eigenvalue weighted by atomic mass is 9.94. The SMILES string of the molecule is Clc1ccc(C2=NN(c3ccc(Cl)cc3)[C@@H]3CC=C[C@H]23)cc1. The molecule has 0 amide bonds. The minimum atomic E-state index is 0.330. The first-order valence-electron chi connectivity index (χ1n) is 7.28. The topological polar surface area (TPSA) is 15.6 Å². The molecule has 0 spiro atoms. The van der Waals surface area contributed by atoms with Gasteiger partial charge in [-0.1, -0.05) is 47.5 Å². The van der Waals surface area contributed by atoms with E-state index < -0.39 is 0 Å². The Morgan fingerprint density at radius 2 is 1.55 bits per heavy atom. The molecule has 4 rings (SSSR count). The maximum absolute atomic E-state index is 5.99. The van der Waals surface area contributed by atoms with Gasteiger partial charge in [0.25, 0.3) is 0 Å². The summed E-state index contributed by atoms with van der Waals surface area (Å²) in [5.41, 5.74) is 3.31. The van der Waals surface area contributed by atoms with Gasteiger partial charge in [-0.15, -0.1) is 0 Å². The molecule has 0 fully saturated rings. The second kappa shape index (κ2) is 5.45. The number of nitrogens with zero attached hydrogens (tertiary/aromatic N) is 2. The summed E-state index contributed by atoms with van der Waals surface area (Å²) < 4.78 is 0. The van der Waals surface area contributed by atoms with Crippen molar-refractivity contribution >= 4 is 34.6 Å². The number of hydrogen-bond acceptors (Lipinski definition) is 2. The molecule has 1 heterocycles. The largest absolute Gasteiger partial charge is 0.261 e. The first kappa shape index (κ1) is 13.9. The molecule has 0 radical (unpaired) electrons. The lowest BCUT2D eigenvalue weighted by molar-refractivity contribution is 0.630. The van der Waals surface area contributed by atoms with Crippen molar-refractivity contribution in [2.75, 3.05) is 5.01 Å². The number of fused-ring (bicyclic) bond motifs is 1. The number of hydrazone groups is 1. The molecule has 0 aromatic heterocycles. The van der Waals surface area contributed by atoms with E-state index in [0.717, 1.165) is 33.4 Å². The van der Waals surface area contributed by atoms with E-state index in [9.17, 15) is 0 Å². The predicted octanol–water partition coefficient (Wildman–Crippen LogP) is 5.16. The van der Waals surface area contributed by atoms with Gasteiger partial charge in [0.2, 0.25) is 0 Å². The summed E-state index contributed by atoms with van der Waals surface area (Å²) in [6, 6.07) is 16.1. The van der Waals surface area contributed by atoms with Crippen molar-refractivity contribution < 1.29 is 0 Å². The fourth-order valence-corrected chi connectivity index (χ4v) is 3.39. The fraction of sp³-hybridized carbons (Fsp3) is 0.167. The zero-order valence-electron chi connectivity index (χ0n) is 11.8. The highest BCUT2D eigenvalue weighted by molar-refractivity contribution is 6.31. The molecule has 0 saturated carbocycles. The molecule has 2 aromatic rings. The molecule has 2 atom stereocenters. The standard InChI is InChI=1S/C18H14Cl2N2/c19-13-6-4-12(5-7-13)18-16-2-1-3-17(16)22(21-18)15-10-8-14(20)9-11-15/h1-2,4-11,16-17H,3H2/t16-,17+/m0/s1. The predicted molar refractivity (Wildman–Crippen MR) is 93.0 cm³/mol. The Bertz CT molecular complexity index is 748. The van der Waals surface area contributed by atoms with Crippen LogP contribution in [0, 0.1) is 5.92 Å². The molecular weight excluding hydrogens is 315 g/mol. The van der Waals surface area contributed by atoms with Crippen LogP contribution in [0.1, 0.15) is 12.0 Å². The van der Waals surface area contributed by atoms with Gasteiger partial charge in [0, 0.05) is 16.0 Å². The molecule has 1 aliphatic carbocycles. The van der Waals surface area contributed by atoms with Crippen LogP contribution in [0.25, 0.3) is 0 Å². The normalized spacial score (nSPS) is 22.8. The van der Waals surface area contributed by atoms with Gasteiger partial charge < -0.3 is 0 Å². The minimum Gasteiger partial charge on any atom is -0.261 e. The summed E-state index contributed by atoms with van der Waals surface area (Å²) in [6.07, 6.45) is 5.50. The highest BCUT2D eigenvalue weighted by atomic mass is 35.5. The van der Waals surface area contributed by atoms with Gasteiger partial charge >= 0.3 is 0 Å². The van der Waals surface area contributed by atoms with E-state index in [4.69, 9.17) is 28.3 Å². The Balaban J connectivity index is 1.74. The van der Waals surface area contributed by atoms with E-state index in [0.29, 0.717) is 12.0 Å². The molecule has 2 aliphatic rings. The van der Waals surface area contributed by atoms with Gasteiger partial charge in [0.1, 0.15) is 0 Å². The monoisotopic (exact) mass is 328 g/mol. The van der Waals surface area contributed by atoms with Crippen molar-refractivity contribution in [3.8, 4) is 0 Å². The highest BCUT2D eigenvalue weighted by Crippen LogP contribution is 2.37. The third-order valence-corrected chi connectivity index (χ3v) is 4.72. The molecular formula is C18H14Cl2N2. The molecule has 0 N–H and O–H groups in total. The summed E-state index contributed by atoms with van der Waals surface area (Å²) in [4.78, 5) is 0. The fourth-order valence-electron chi connectivity index (χ4n) is 3.14. The maximum atomic E-state index is 5.99. The third kappa shape index (κ3) is 2.33. The number of rotatable bonds is 2. The Morgan fingerprint density at radius 1 is 0.909 bits per heavy atom. The van der Waals surface area contributed by atoms with Crippen LogP contribution in [0.4, 0.5) is 5.69 Å². The summed E-state index contributed by atoms with van der Waals surface area (Å²) in [5, 5.41) is 8.49. The molecule has 2 nitrogen and oxygen atoms in total. The quantitative estimate of drug-likeness (QED) is 0.695. The summed E-state index contributed by atoms with van der Waals surface area (Å²) in [6.45, 7) is 0. The van der Waals surface area contributed by atoms with Gasteiger partial charge in [-0.2, -0.15) is 5.10 Å². The average molecular weight is 329 g/mol. The molecule has 1 aliphatic heterocycles. The van der Waals surface area contributed by atoms with Crippen molar-refractivity contribution in [2.45, 2.75) is 12.5 Å². The van der Waals surface area contributed by atoms with Crippen LogP contribution in [0.15, 0.2) is 65.8 Å². The first-order chi connectivity index (χ1) is 10.7. The molecule has 0 unspecified atom stereocenters. The molecule has 110 valence electrons. The summed E-state index contributed by atoms with van der Waals surface area (Å²) in [5.74, 6) is 0.330. The van der Waals surface area contributed by atoms with E-state index in [1.807, 2.05) is 48.5 Å². The Kier molecular flexibility index (Phi) is 3.44. The van der Waals surface area contributed by atoms with Gasteiger partial charge in [-0.25, -0.2) is 0 Å². The average Bonchev–Trinajstić information content (AvgIpc) is 3.12. The molecule has 2 aromatic carbocycles. The van der Waals surface area contributed by atoms with Crippen LogP contribution in [0.2, 0.25) is 10.0 Å². The molecule has 0 bridgehead atoms. The highest BCUT2D eigenvalue weighted by Gasteiger charge is 2.38. The van der Waals surface area contributed by atoms with E-state index in [1.54, 1.807) is 0 Å². The molecule has 22 heavy (non-hydrogen) atoms. The number of anilines is 1. The summed E-state index contributed by atoms with van der Waals surface area (Å²) >= 11 is 12.0. The van der Waals surface area contributed by atoms with Gasteiger partial charge in [0.05, 0.1) is 17.4 Å². The van der Waals surface area contributed by atoms with Crippen LogP contribution in [0.3, 0.4) is 0 Å². The Morgan fingerprint density at radius 3 is 2.23 bits per heavy atom. The van der Waals surface area contributed by atoms with E-state index in [2.05, 4.69) is 17.2 Å². The van der Waals surface area contributed by atoms with Gasteiger partial charge in [-0.05, 0) is 48.4 Å². The zero-order chi connectivity index (χ0) is 15.1. The second-order valence-corrected chi connectivity index (χ2v) is 6.44. The summed E-state index contributed by atoms with van der Waals surface area (Å²) in [7, 11) is 0. The molecule has 4 heteroatoms. The second-order valence-electron chi connectivity index (χ2n) is 5.57. The van der Waals surface area contributed by atoms with Crippen molar-refractivity contribution in [3.63, 3.8) is 0 Å². The zero-order valence-corrected chi connectivity index (χ0v) is 13.3. The third-order valence-electron chi connectivity index (χ3n) is 4.21. The Hall–Kier alpha value is -1.77. The van der Waals surface area contributed by atoms with Crippen molar-refractivity contribution in [1.82, 2.24) is 0 Å². The first-order valence-corrected chi connectivity index (χ1v) is 8.04. The van der Waals surface area contributed by atoms with E-state index >= 15 is 0 Å². The lowest BCUT2D eigenvalue weighted by Crippen LogP contribution is -2.29. The van der Waals surface area contributed by atoms with Crippen LogP contribution in [0.5, 0.6) is 0 Å². The lowest BCUT2D eigenvalue weighted by Gasteiger charge is -2.23. The Labute approximate surface area is 139 Å². The van der Waals surface area contributed by atoms with Crippen LogP contribution >= 0.6 is 23.2 Å². The molecule has 0 saturated heterocycles. The van der Waals surface area contributed by atoms with Crippen molar-refractivity contribution in [1.29, 1.82) is 0 Å². The van der Waals surface area contributed by atoms with Crippen LogP contribution in [-0.4, -0.2) is 11.8 Å². The number of hydrogen-bond donors (Lipinski definition) is 0. The van der Waals surface area contributed by atoms with E-state index in [1.165, 1.54) is 0 Å². The van der Waals surface area contributed by atoms with Gasteiger partial charge in [-0.3, -0.25) is 5.01 Å². The van der Waals surface area contributed by atoms with Crippen molar-refractivity contribution in [3.05, 3.63) is 76.3 Å². The van der Waals surface area contributed by atoms with E-state index in [-0.39, 0.29) is 0 Å². The number of halogens is 2. The van der Waals surface area contributed by atoms with Gasteiger partial charge in [0.15, 0.2) is 0 Å². The van der Waals surface area contributed by atoms with Crippen LogP contribution < -0.4 is 5.01 Å². The van der Waals surface area contributed by atoms with Crippen LogP contribution in [-0.2, 0) is 0 Å².